The van der Waals surface area contributed by atoms with Gasteiger partial charge in [0.1, 0.15) is 5.82 Å². The molecule has 1 unspecified atom stereocenters. The molecule has 0 saturated heterocycles. The summed E-state index contributed by atoms with van der Waals surface area (Å²) in [7, 11) is 0. The van der Waals surface area contributed by atoms with Gasteiger partial charge >= 0.3 is 0 Å². The quantitative estimate of drug-likeness (QED) is 0.647. The van der Waals surface area contributed by atoms with E-state index in [1.807, 2.05) is 5.38 Å². The maximum atomic E-state index is 13.8. The molecule has 1 atom stereocenters. The average Bonchev–Trinajstić information content (AvgIpc) is 2.87. The van der Waals surface area contributed by atoms with Gasteiger partial charge in [0.2, 0.25) is 0 Å². The van der Waals surface area contributed by atoms with Crippen molar-refractivity contribution in [3.63, 3.8) is 0 Å². The van der Waals surface area contributed by atoms with Crippen molar-refractivity contribution < 1.29 is 4.39 Å². The van der Waals surface area contributed by atoms with Crippen molar-refractivity contribution in [1.29, 1.82) is 0 Å². The van der Waals surface area contributed by atoms with E-state index in [2.05, 4.69) is 32.8 Å². The van der Waals surface area contributed by atoms with Gasteiger partial charge in [-0.2, -0.15) is 11.3 Å². The summed E-state index contributed by atoms with van der Waals surface area (Å²) in [6, 6.07) is 6.81. The molecule has 0 aliphatic rings. The fourth-order valence-electron chi connectivity index (χ4n) is 1.86. The number of aryl methyl sites for hydroxylation is 1. The minimum atomic E-state index is -0.230. The molecule has 0 bridgehead atoms. The Kier molecular flexibility index (Phi) is 4.88. The van der Waals surface area contributed by atoms with Crippen LogP contribution in [0.5, 0.6) is 0 Å². The van der Waals surface area contributed by atoms with Crippen LogP contribution in [0.3, 0.4) is 0 Å². The van der Waals surface area contributed by atoms with Crippen molar-refractivity contribution in [1.82, 2.24) is 5.43 Å². The maximum Gasteiger partial charge on any atom is 0.128 e. The van der Waals surface area contributed by atoms with Crippen LogP contribution in [0.25, 0.3) is 0 Å². The summed E-state index contributed by atoms with van der Waals surface area (Å²) in [4.78, 5) is 0. The van der Waals surface area contributed by atoms with Gasteiger partial charge < -0.3 is 0 Å². The van der Waals surface area contributed by atoms with Crippen LogP contribution in [0.2, 0.25) is 0 Å². The van der Waals surface area contributed by atoms with Crippen LogP contribution in [0.15, 0.2) is 39.5 Å². The molecule has 0 radical (unpaired) electrons. The molecule has 2 nitrogen and oxygen atoms in total. The van der Waals surface area contributed by atoms with Crippen LogP contribution in [-0.4, -0.2) is 0 Å². The van der Waals surface area contributed by atoms with Crippen LogP contribution >= 0.6 is 27.3 Å². The number of nitrogens with two attached hydrogens (primary N) is 1. The fourth-order valence-corrected chi connectivity index (χ4v) is 2.94. The van der Waals surface area contributed by atoms with Gasteiger partial charge in [-0.3, -0.25) is 11.3 Å². The Bertz CT molecular complexity index is 502. The molecule has 0 amide bonds. The highest BCUT2D eigenvalue weighted by molar-refractivity contribution is 9.10. The van der Waals surface area contributed by atoms with E-state index in [0.29, 0.717) is 5.56 Å². The lowest BCUT2D eigenvalue weighted by Crippen LogP contribution is -2.29. The largest absolute Gasteiger partial charge is 0.271 e. The fraction of sp³-hybridized carbons (Fsp3) is 0.231. The second-order valence-corrected chi connectivity index (χ2v) is 5.75. The highest BCUT2D eigenvalue weighted by atomic mass is 79.9. The summed E-state index contributed by atoms with van der Waals surface area (Å²) < 4.78 is 14.6. The number of halogens is 2. The van der Waals surface area contributed by atoms with Crippen LogP contribution < -0.4 is 11.3 Å². The first kappa shape index (κ1) is 13.7. The van der Waals surface area contributed by atoms with Crippen LogP contribution in [0, 0.1) is 5.82 Å². The zero-order chi connectivity index (χ0) is 13.0. The molecule has 3 N–H and O–H groups in total. The number of benzene rings is 1. The molecular weight excluding hydrogens is 315 g/mol. The topological polar surface area (TPSA) is 38.0 Å². The van der Waals surface area contributed by atoms with Crippen molar-refractivity contribution in [2.45, 2.75) is 18.9 Å². The first-order valence-corrected chi connectivity index (χ1v) is 7.36. The van der Waals surface area contributed by atoms with Gasteiger partial charge in [-0.25, -0.2) is 4.39 Å². The Hall–Kier alpha value is -0.750. The number of rotatable bonds is 5. The van der Waals surface area contributed by atoms with E-state index in [1.54, 1.807) is 23.5 Å². The van der Waals surface area contributed by atoms with Gasteiger partial charge in [-0.1, -0.05) is 15.9 Å². The monoisotopic (exact) mass is 328 g/mol. The van der Waals surface area contributed by atoms with Gasteiger partial charge in [0.25, 0.3) is 0 Å². The van der Waals surface area contributed by atoms with E-state index in [9.17, 15) is 4.39 Å². The molecule has 5 heteroatoms. The number of thiophene rings is 1. The Morgan fingerprint density at radius 3 is 2.89 bits per heavy atom. The van der Waals surface area contributed by atoms with E-state index in [1.165, 1.54) is 11.6 Å². The minimum absolute atomic E-state index is 0.178. The summed E-state index contributed by atoms with van der Waals surface area (Å²) in [5.41, 5.74) is 4.55. The lowest BCUT2D eigenvalue weighted by molar-refractivity contribution is 0.485. The van der Waals surface area contributed by atoms with Crippen molar-refractivity contribution >= 4 is 27.3 Å². The second kappa shape index (κ2) is 6.43. The van der Waals surface area contributed by atoms with Gasteiger partial charge in [-0.05, 0) is 53.4 Å². The lowest BCUT2D eigenvalue weighted by Gasteiger charge is -2.17. The highest BCUT2D eigenvalue weighted by Gasteiger charge is 2.14. The standard InChI is InChI=1S/C13H14BrFN2S/c14-10-2-3-12(15)11(7-10)13(17-16)4-1-9-5-6-18-8-9/h2-3,5-8,13,17H,1,4,16H2. The summed E-state index contributed by atoms with van der Waals surface area (Å²) >= 11 is 5.02. The molecule has 1 aromatic carbocycles. The Morgan fingerprint density at radius 2 is 2.22 bits per heavy atom. The van der Waals surface area contributed by atoms with E-state index < -0.39 is 0 Å². The normalized spacial score (nSPS) is 12.6. The van der Waals surface area contributed by atoms with Crippen molar-refractivity contribution in [2.75, 3.05) is 0 Å². The summed E-state index contributed by atoms with van der Waals surface area (Å²) in [5, 5.41) is 4.14. The van der Waals surface area contributed by atoms with E-state index in [0.717, 1.165) is 17.3 Å². The van der Waals surface area contributed by atoms with Gasteiger partial charge in [0, 0.05) is 16.1 Å². The van der Waals surface area contributed by atoms with Crippen LogP contribution in [0.4, 0.5) is 4.39 Å². The van der Waals surface area contributed by atoms with Gasteiger partial charge in [-0.15, -0.1) is 0 Å². The predicted octanol–water partition coefficient (Wildman–Crippen LogP) is 3.79. The third-order valence-electron chi connectivity index (χ3n) is 2.84. The van der Waals surface area contributed by atoms with Gasteiger partial charge in [0.05, 0.1) is 0 Å². The van der Waals surface area contributed by atoms with Gasteiger partial charge in [0.15, 0.2) is 0 Å². The Labute approximate surface area is 118 Å². The molecule has 96 valence electrons. The molecule has 2 rings (SSSR count). The number of hydrazine groups is 1. The summed E-state index contributed by atoms with van der Waals surface area (Å²) in [6.07, 6.45) is 1.64. The second-order valence-electron chi connectivity index (χ2n) is 4.06. The zero-order valence-electron chi connectivity index (χ0n) is 9.70. The molecular formula is C13H14BrFN2S. The first-order chi connectivity index (χ1) is 8.70. The number of nitrogens with one attached hydrogen (secondary N) is 1. The van der Waals surface area contributed by atoms with Crippen LogP contribution in [-0.2, 0) is 6.42 Å². The van der Waals surface area contributed by atoms with Crippen molar-refractivity contribution in [3.05, 3.63) is 56.4 Å². The summed E-state index contributed by atoms with van der Waals surface area (Å²) in [6.45, 7) is 0. The Balaban J connectivity index is 2.10. The van der Waals surface area contributed by atoms with E-state index in [4.69, 9.17) is 5.84 Å². The molecule has 0 fully saturated rings. The summed E-state index contributed by atoms with van der Waals surface area (Å²) in [5.74, 6) is 5.30. The van der Waals surface area contributed by atoms with E-state index >= 15 is 0 Å². The molecule has 18 heavy (non-hydrogen) atoms. The lowest BCUT2D eigenvalue weighted by atomic mass is 10.0. The molecule has 0 aliphatic heterocycles. The van der Waals surface area contributed by atoms with Crippen molar-refractivity contribution in [2.24, 2.45) is 5.84 Å². The molecule has 0 spiro atoms. The third kappa shape index (κ3) is 3.38. The zero-order valence-corrected chi connectivity index (χ0v) is 12.1. The molecule has 1 aromatic heterocycles. The first-order valence-electron chi connectivity index (χ1n) is 5.63. The van der Waals surface area contributed by atoms with Crippen LogP contribution in [0.1, 0.15) is 23.6 Å². The third-order valence-corrected chi connectivity index (χ3v) is 4.06. The number of hydrogen-bond acceptors (Lipinski definition) is 3. The Morgan fingerprint density at radius 1 is 1.39 bits per heavy atom. The maximum absolute atomic E-state index is 13.8. The average molecular weight is 329 g/mol. The smallest absolute Gasteiger partial charge is 0.128 e. The highest BCUT2D eigenvalue weighted by Crippen LogP contribution is 2.25. The molecule has 2 aromatic rings. The molecule has 0 aliphatic carbocycles. The predicted molar refractivity (Wildman–Crippen MR) is 76.8 cm³/mol. The molecule has 1 heterocycles. The molecule has 0 saturated carbocycles. The minimum Gasteiger partial charge on any atom is -0.271 e. The van der Waals surface area contributed by atoms with Crippen molar-refractivity contribution in [3.8, 4) is 0 Å². The SMILES string of the molecule is NNC(CCc1ccsc1)c1cc(Br)ccc1F. The number of hydrogen-bond donors (Lipinski definition) is 2. The van der Waals surface area contributed by atoms with E-state index in [-0.39, 0.29) is 11.9 Å².